The second kappa shape index (κ2) is 5.47. The van der Waals surface area contributed by atoms with E-state index in [0.29, 0.717) is 11.4 Å². The SMILES string of the molecule is N#COc1cccnc1/C=C/c1ccccc1. The minimum Gasteiger partial charge on any atom is -0.386 e. The quantitative estimate of drug-likeness (QED) is 0.749. The molecule has 0 unspecified atom stereocenters. The number of nitrogens with zero attached hydrogens (tertiary/aromatic N) is 2. The predicted molar refractivity (Wildman–Crippen MR) is 65.8 cm³/mol. The lowest BCUT2D eigenvalue weighted by atomic mass is 10.2. The Balaban J connectivity index is 2.25. The lowest BCUT2D eigenvalue weighted by Crippen LogP contribution is -1.88. The zero-order chi connectivity index (χ0) is 11.9. The van der Waals surface area contributed by atoms with Gasteiger partial charge in [-0.1, -0.05) is 36.4 Å². The van der Waals surface area contributed by atoms with E-state index in [1.807, 2.05) is 42.5 Å². The Morgan fingerprint density at radius 3 is 2.65 bits per heavy atom. The van der Waals surface area contributed by atoms with Crippen LogP contribution in [-0.2, 0) is 0 Å². The van der Waals surface area contributed by atoms with E-state index >= 15 is 0 Å². The first-order valence-corrected chi connectivity index (χ1v) is 5.14. The lowest BCUT2D eigenvalue weighted by Gasteiger charge is -1.99. The van der Waals surface area contributed by atoms with Crippen molar-refractivity contribution in [2.24, 2.45) is 0 Å². The molecule has 17 heavy (non-hydrogen) atoms. The monoisotopic (exact) mass is 222 g/mol. The summed E-state index contributed by atoms with van der Waals surface area (Å²) in [5.74, 6) is 0.460. The van der Waals surface area contributed by atoms with Gasteiger partial charge in [-0.05, 0) is 23.8 Å². The summed E-state index contributed by atoms with van der Waals surface area (Å²) in [7, 11) is 0. The van der Waals surface area contributed by atoms with Gasteiger partial charge in [-0.3, -0.25) is 4.98 Å². The van der Waals surface area contributed by atoms with Crippen molar-refractivity contribution in [1.29, 1.82) is 5.26 Å². The van der Waals surface area contributed by atoms with E-state index < -0.39 is 0 Å². The molecule has 82 valence electrons. The third-order valence-electron chi connectivity index (χ3n) is 2.19. The average Bonchev–Trinajstić information content (AvgIpc) is 2.39. The summed E-state index contributed by atoms with van der Waals surface area (Å²) in [6.07, 6.45) is 7.05. The molecule has 0 saturated carbocycles. The van der Waals surface area contributed by atoms with Gasteiger partial charge in [0.2, 0.25) is 0 Å². The summed E-state index contributed by atoms with van der Waals surface area (Å²) in [5, 5.41) is 8.51. The minimum atomic E-state index is 0.460. The van der Waals surface area contributed by atoms with E-state index in [2.05, 4.69) is 4.98 Å². The van der Waals surface area contributed by atoms with Crippen LogP contribution in [0.5, 0.6) is 5.75 Å². The normalized spacial score (nSPS) is 10.1. The third kappa shape index (κ3) is 2.93. The van der Waals surface area contributed by atoms with Crippen LogP contribution in [0.2, 0.25) is 0 Å². The van der Waals surface area contributed by atoms with Gasteiger partial charge in [0.1, 0.15) is 5.69 Å². The van der Waals surface area contributed by atoms with Crippen LogP contribution in [0, 0.1) is 11.5 Å². The van der Waals surface area contributed by atoms with Crippen LogP contribution in [0.3, 0.4) is 0 Å². The molecule has 0 amide bonds. The van der Waals surface area contributed by atoms with Crippen LogP contribution in [-0.4, -0.2) is 4.98 Å². The van der Waals surface area contributed by atoms with Gasteiger partial charge in [0, 0.05) is 6.20 Å². The molecule has 1 aromatic carbocycles. The maximum Gasteiger partial charge on any atom is 0.292 e. The number of aromatic nitrogens is 1. The number of benzene rings is 1. The Labute approximate surface area is 99.6 Å². The second-order valence-corrected chi connectivity index (χ2v) is 3.32. The first-order valence-electron chi connectivity index (χ1n) is 5.14. The van der Waals surface area contributed by atoms with Crippen molar-refractivity contribution >= 4 is 12.2 Å². The van der Waals surface area contributed by atoms with E-state index in [0.717, 1.165) is 5.56 Å². The van der Waals surface area contributed by atoms with Crippen LogP contribution >= 0.6 is 0 Å². The molecule has 0 spiro atoms. The van der Waals surface area contributed by atoms with Crippen molar-refractivity contribution in [1.82, 2.24) is 4.98 Å². The highest BCUT2D eigenvalue weighted by Gasteiger charge is 2.00. The van der Waals surface area contributed by atoms with Gasteiger partial charge in [0.15, 0.2) is 5.75 Å². The summed E-state index contributed by atoms with van der Waals surface area (Å²) >= 11 is 0. The van der Waals surface area contributed by atoms with Crippen LogP contribution < -0.4 is 4.74 Å². The van der Waals surface area contributed by atoms with Crippen molar-refractivity contribution in [2.75, 3.05) is 0 Å². The van der Waals surface area contributed by atoms with Crippen LogP contribution in [0.25, 0.3) is 12.2 Å². The Morgan fingerprint density at radius 1 is 1.06 bits per heavy atom. The highest BCUT2D eigenvalue weighted by molar-refractivity contribution is 5.70. The van der Waals surface area contributed by atoms with E-state index in [4.69, 9.17) is 10.00 Å². The molecule has 0 aliphatic carbocycles. The molecule has 0 fully saturated rings. The zero-order valence-electron chi connectivity index (χ0n) is 9.08. The van der Waals surface area contributed by atoms with Gasteiger partial charge in [0.25, 0.3) is 6.26 Å². The van der Waals surface area contributed by atoms with Gasteiger partial charge >= 0.3 is 0 Å². The summed E-state index contributed by atoms with van der Waals surface area (Å²) in [6.45, 7) is 0. The largest absolute Gasteiger partial charge is 0.386 e. The fourth-order valence-electron chi connectivity index (χ4n) is 1.40. The molecule has 0 saturated heterocycles. The topological polar surface area (TPSA) is 45.9 Å². The molecule has 0 aliphatic rings. The smallest absolute Gasteiger partial charge is 0.292 e. The Bertz CT molecular complexity index is 556. The summed E-state index contributed by atoms with van der Waals surface area (Å²) in [4.78, 5) is 4.15. The number of hydrogen-bond acceptors (Lipinski definition) is 3. The van der Waals surface area contributed by atoms with Crippen LogP contribution in [0.4, 0.5) is 0 Å². The highest BCUT2D eigenvalue weighted by atomic mass is 16.5. The predicted octanol–water partition coefficient (Wildman–Crippen LogP) is 3.11. The fourth-order valence-corrected chi connectivity index (χ4v) is 1.40. The average molecular weight is 222 g/mol. The summed E-state index contributed by atoms with van der Waals surface area (Å²) in [6, 6.07) is 13.3. The van der Waals surface area contributed by atoms with Crippen molar-refractivity contribution in [3.05, 3.63) is 59.9 Å². The number of nitriles is 1. The molecule has 0 radical (unpaired) electrons. The molecule has 0 bridgehead atoms. The van der Waals surface area contributed by atoms with Crippen molar-refractivity contribution in [2.45, 2.75) is 0 Å². The molecule has 1 heterocycles. The molecule has 3 heteroatoms. The summed E-state index contributed by atoms with van der Waals surface area (Å²) < 4.78 is 4.82. The lowest BCUT2D eigenvalue weighted by molar-refractivity contribution is 0.503. The van der Waals surface area contributed by atoms with Gasteiger partial charge in [-0.25, -0.2) is 0 Å². The molecule has 3 nitrogen and oxygen atoms in total. The van der Waals surface area contributed by atoms with Gasteiger partial charge in [-0.15, -0.1) is 5.26 Å². The van der Waals surface area contributed by atoms with E-state index in [1.165, 1.54) is 0 Å². The number of pyridine rings is 1. The zero-order valence-corrected chi connectivity index (χ0v) is 9.08. The first kappa shape index (κ1) is 10.9. The Hall–Kier alpha value is -2.60. The van der Waals surface area contributed by atoms with Gasteiger partial charge in [0.05, 0.1) is 0 Å². The van der Waals surface area contributed by atoms with E-state index in [9.17, 15) is 0 Å². The Kier molecular flexibility index (Phi) is 3.51. The standard InChI is InChI=1S/C14H10N2O/c15-11-17-14-7-4-10-16-13(14)9-8-12-5-2-1-3-6-12/h1-10H/b9-8+. The minimum absolute atomic E-state index is 0.460. The van der Waals surface area contributed by atoms with Crippen molar-refractivity contribution in [3.63, 3.8) is 0 Å². The number of ether oxygens (including phenoxy) is 1. The molecular weight excluding hydrogens is 212 g/mol. The highest BCUT2D eigenvalue weighted by Crippen LogP contribution is 2.17. The van der Waals surface area contributed by atoms with E-state index in [1.54, 1.807) is 24.6 Å². The van der Waals surface area contributed by atoms with Gasteiger partial charge < -0.3 is 4.74 Å². The van der Waals surface area contributed by atoms with Crippen LogP contribution in [0.15, 0.2) is 48.7 Å². The van der Waals surface area contributed by atoms with E-state index in [-0.39, 0.29) is 0 Å². The van der Waals surface area contributed by atoms with Crippen molar-refractivity contribution < 1.29 is 4.74 Å². The van der Waals surface area contributed by atoms with Gasteiger partial charge in [-0.2, -0.15) is 0 Å². The maximum atomic E-state index is 8.51. The maximum absolute atomic E-state index is 8.51. The fraction of sp³-hybridized carbons (Fsp3) is 0. The van der Waals surface area contributed by atoms with Crippen LogP contribution in [0.1, 0.15) is 11.3 Å². The molecule has 1 aromatic heterocycles. The molecular formula is C14H10N2O. The molecule has 2 aromatic rings. The van der Waals surface area contributed by atoms with Crippen molar-refractivity contribution in [3.8, 4) is 12.0 Å². The Morgan fingerprint density at radius 2 is 1.88 bits per heavy atom. The summed E-state index contributed by atoms with van der Waals surface area (Å²) in [5.41, 5.74) is 1.71. The first-order chi connectivity index (χ1) is 8.40. The third-order valence-corrected chi connectivity index (χ3v) is 2.19. The molecule has 2 rings (SSSR count). The number of rotatable bonds is 3. The molecule has 0 N–H and O–H groups in total. The molecule has 0 aliphatic heterocycles. The number of hydrogen-bond donors (Lipinski definition) is 0. The molecule has 0 atom stereocenters. The second-order valence-electron chi connectivity index (χ2n) is 3.32.